The van der Waals surface area contributed by atoms with Gasteiger partial charge in [0.05, 0.1) is 0 Å². The highest BCUT2D eigenvalue weighted by Crippen LogP contribution is 2.06. The van der Waals surface area contributed by atoms with E-state index in [0.29, 0.717) is 17.5 Å². The van der Waals surface area contributed by atoms with Crippen LogP contribution in [0.15, 0.2) is 24.3 Å². The summed E-state index contributed by atoms with van der Waals surface area (Å²) in [6, 6.07) is 6.72. The molecule has 68 valence electrons. The van der Waals surface area contributed by atoms with Crippen molar-refractivity contribution in [3.8, 4) is 0 Å². The van der Waals surface area contributed by atoms with Crippen LogP contribution < -0.4 is 0 Å². The monoisotopic (exact) mass is 176 g/mol. The van der Waals surface area contributed by atoms with E-state index in [2.05, 4.69) is 0 Å². The predicted octanol–water partition coefficient (Wildman–Crippen LogP) is 2.48. The molecule has 0 aliphatic rings. The maximum atomic E-state index is 11.4. The number of hydrogen-bond acceptors (Lipinski definition) is 2. The van der Waals surface area contributed by atoms with Crippen LogP contribution >= 0.6 is 0 Å². The van der Waals surface area contributed by atoms with Crippen molar-refractivity contribution in [2.45, 2.75) is 19.8 Å². The second-order valence-corrected chi connectivity index (χ2v) is 2.91. The largest absolute Gasteiger partial charge is 0.298 e. The molecule has 0 spiro atoms. The lowest BCUT2D eigenvalue weighted by molar-refractivity contribution is 0.0981. The first-order valence-corrected chi connectivity index (χ1v) is 4.36. The zero-order chi connectivity index (χ0) is 9.68. The molecular formula is C11H12O2. The first-order valence-electron chi connectivity index (χ1n) is 4.36. The molecule has 0 saturated carbocycles. The van der Waals surface area contributed by atoms with Gasteiger partial charge in [-0.2, -0.15) is 0 Å². The van der Waals surface area contributed by atoms with E-state index in [-0.39, 0.29) is 5.78 Å². The molecular weight excluding hydrogens is 164 g/mol. The number of ketones is 1. The van der Waals surface area contributed by atoms with Gasteiger partial charge >= 0.3 is 0 Å². The summed E-state index contributed by atoms with van der Waals surface area (Å²) >= 11 is 0. The van der Waals surface area contributed by atoms with Crippen molar-refractivity contribution in [3.63, 3.8) is 0 Å². The smallest absolute Gasteiger partial charge is 0.162 e. The second-order valence-electron chi connectivity index (χ2n) is 2.91. The molecule has 0 heterocycles. The summed E-state index contributed by atoms with van der Waals surface area (Å²) in [5.41, 5.74) is 1.29. The molecule has 0 amide bonds. The molecule has 0 N–H and O–H groups in total. The second kappa shape index (κ2) is 4.55. The van der Waals surface area contributed by atoms with Crippen LogP contribution in [0, 0.1) is 0 Å². The van der Waals surface area contributed by atoms with Crippen LogP contribution in [0.1, 0.15) is 40.5 Å². The van der Waals surface area contributed by atoms with Gasteiger partial charge < -0.3 is 0 Å². The Morgan fingerprint density at radius 1 is 1.31 bits per heavy atom. The Bertz CT molecular complexity index is 298. The van der Waals surface area contributed by atoms with E-state index in [4.69, 9.17) is 0 Å². The SMILES string of the molecule is CCCC(=O)c1ccc(C=O)cc1. The fraction of sp³-hybridized carbons (Fsp3) is 0.273. The highest BCUT2D eigenvalue weighted by atomic mass is 16.1. The van der Waals surface area contributed by atoms with Crippen LogP contribution in [0.3, 0.4) is 0 Å². The van der Waals surface area contributed by atoms with Gasteiger partial charge in [-0.3, -0.25) is 9.59 Å². The van der Waals surface area contributed by atoms with E-state index in [1.165, 1.54) is 0 Å². The number of aldehydes is 1. The third kappa shape index (κ3) is 2.51. The van der Waals surface area contributed by atoms with Crippen LogP contribution in [0.2, 0.25) is 0 Å². The van der Waals surface area contributed by atoms with E-state index in [1.807, 2.05) is 6.92 Å². The van der Waals surface area contributed by atoms with Gasteiger partial charge in [0.1, 0.15) is 6.29 Å². The number of carbonyl (C=O) groups is 2. The molecule has 0 bridgehead atoms. The minimum absolute atomic E-state index is 0.139. The first kappa shape index (κ1) is 9.65. The Balaban J connectivity index is 2.79. The lowest BCUT2D eigenvalue weighted by Gasteiger charge is -1.98. The van der Waals surface area contributed by atoms with Crippen molar-refractivity contribution in [1.82, 2.24) is 0 Å². The molecule has 1 aromatic carbocycles. The third-order valence-corrected chi connectivity index (χ3v) is 1.85. The van der Waals surface area contributed by atoms with Crippen LogP contribution in [-0.2, 0) is 0 Å². The first-order chi connectivity index (χ1) is 6.27. The molecule has 0 aliphatic heterocycles. The normalized spacial score (nSPS) is 9.62. The van der Waals surface area contributed by atoms with Gasteiger partial charge in [0, 0.05) is 17.5 Å². The summed E-state index contributed by atoms with van der Waals surface area (Å²) < 4.78 is 0. The maximum Gasteiger partial charge on any atom is 0.162 e. The van der Waals surface area contributed by atoms with E-state index >= 15 is 0 Å². The summed E-state index contributed by atoms with van der Waals surface area (Å²) in [7, 11) is 0. The summed E-state index contributed by atoms with van der Waals surface area (Å²) in [4.78, 5) is 21.7. The molecule has 0 unspecified atom stereocenters. The van der Waals surface area contributed by atoms with Gasteiger partial charge in [-0.15, -0.1) is 0 Å². The van der Waals surface area contributed by atoms with Gasteiger partial charge in [-0.1, -0.05) is 31.2 Å². The van der Waals surface area contributed by atoms with Crippen molar-refractivity contribution in [2.75, 3.05) is 0 Å². The van der Waals surface area contributed by atoms with E-state index in [0.717, 1.165) is 12.7 Å². The fourth-order valence-electron chi connectivity index (χ4n) is 1.12. The Morgan fingerprint density at radius 2 is 1.92 bits per heavy atom. The van der Waals surface area contributed by atoms with Gasteiger partial charge in [0.15, 0.2) is 5.78 Å². The number of rotatable bonds is 4. The van der Waals surface area contributed by atoms with Crippen LogP contribution in [0.4, 0.5) is 0 Å². The number of benzene rings is 1. The Morgan fingerprint density at radius 3 is 2.38 bits per heavy atom. The molecule has 0 aliphatic carbocycles. The summed E-state index contributed by atoms with van der Waals surface area (Å²) in [6.45, 7) is 1.97. The number of carbonyl (C=O) groups excluding carboxylic acids is 2. The zero-order valence-electron chi connectivity index (χ0n) is 7.62. The lowest BCUT2D eigenvalue weighted by Crippen LogP contribution is -1.97. The highest BCUT2D eigenvalue weighted by Gasteiger charge is 2.03. The molecule has 2 heteroatoms. The van der Waals surface area contributed by atoms with Crippen molar-refractivity contribution >= 4 is 12.1 Å². The topological polar surface area (TPSA) is 34.1 Å². The molecule has 2 nitrogen and oxygen atoms in total. The Labute approximate surface area is 77.6 Å². The lowest BCUT2D eigenvalue weighted by atomic mass is 10.1. The van der Waals surface area contributed by atoms with Crippen molar-refractivity contribution in [1.29, 1.82) is 0 Å². The quantitative estimate of drug-likeness (QED) is 0.521. The fourth-order valence-corrected chi connectivity index (χ4v) is 1.12. The molecule has 0 saturated heterocycles. The van der Waals surface area contributed by atoms with E-state index < -0.39 is 0 Å². The highest BCUT2D eigenvalue weighted by molar-refractivity contribution is 5.96. The molecule has 0 radical (unpaired) electrons. The van der Waals surface area contributed by atoms with Gasteiger partial charge in [-0.25, -0.2) is 0 Å². The number of Topliss-reactive ketones (excluding diaryl/α,β-unsaturated/α-hetero) is 1. The number of hydrogen-bond donors (Lipinski definition) is 0. The van der Waals surface area contributed by atoms with E-state index in [9.17, 15) is 9.59 Å². The molecule has 0 aromatic heterocycles. The standard InChI is InChI=1S/C11H12O2/c1-2-3-11(13)10-6-4-9(8-12)5-7-10/h4-8H,2-3H2,1H3. The maximum absolute atomic E-state index is 11.4. The third-order valence-electron chi connectivity index (χ3n) is 1.85. The minimum atomic E-state index is 0.139. The summed E-state index contributed by atoms with van der Waals surface area (Å²) in [5, 5.41) is 0. The van der Waals surface area contributed by atoms with Gasteiger partial charge in [-0.05, 0) is 6.42 Å². The zero-order valence-corrected chi connectivity index (χ0v) is 7.62. The minimum Gasteiger partial charge on any atom is -0.298 e. The average Bonchev–Trinajstić information content (AvgIpc) is 2.18. The van der Waals surface area contributed by atoms with Crippen LogP contribution in [-0.4, -0.2) is 12.1 Å². The molecule has 1 rings (SSSR count). The van der Waals surface area contributed by atoms with Crippen molar-refractivity contribution < 1.29 is 9.59 Å². The Kier molecular flexibility index (Phi) is 3.38. The van der Waals surface area contributed by atoms with Crippen molar-refractivity contribution in [3.05, 3.63) is 35.4 Å². The predicted molar refractivity (Wildman–Crippen MR) is 51.1 cm³/mol. The van der Waals surface area contributed by atoms with E-state index in [1.54, 1.807) is 24.3 Å². The van der Waals surface area contributed by atoms with Crippen LogP contribution in [0.5, 0.6) is 0 Å². The van der Waals surface area contributed by atoms with Gasteiger partial charge in [0.25, 0.3) is 0 Å². The molecule has 1 aromatic rings. The molecule has 13 heavy (non-hydrogen) atoms. The molecule has 0 fully saturated rings. The average molecular weight is 176 g/mol. The Hall–Kier alpha value is -1.44. The molecule has 0 atom stereocenters. The van der Waals surface area contributed by atoms with Gasteiger partial charge in [0.2, 0.25) is 0 Å². The summed E-state index contributed by atoms with van der Waals surface area (Å²) in [6.07, 6.45) is 2.20. The summed E-state index contributed by atoms with van der Waals surface area (Å²) in [5.74, 6) is 0.139. The van der Waals surface area contributed by atoms with Crippen LogP contribution in [0.25, 0.3) is 0 Å². The van der Waals surface area contributed by atoms with Crippen molar-refractivity contribution in [2.24, 2.45) is 0 Å².